The fraction of sp³-hybridized carbons (Fsp3) is 0.462. The minimum atomic E-state index is -0.470. The summed E-state index contributed by atoms with van der Waals surface area (Å²) in [7, 11) is 0. The summed E-state index contributed by atoms with van der Waals surface area (Å²) in [5.41, 5.74) is 0.637. The lowest BCUT2D eigenvalue weighted by Crippen LogP contribution is -2.22. The molecule has 1 aliphatic rings. The van der Waals surface area contributed by atoms with Crippen LogP contribution in [0.4, 0.5) is 11.4 Å². The van der Waals surface area contributed by atoms with Gasteiger partial charge in [-0.1, -0.05) is 0 Å². The third-order valence-electron chi connectivity index (χ3n) is 2.87. The molecule has 1 aromatic carbocycles. The van der Waals surface area contributed by atoms with Crippen LogP contribution < -0.4 is 15.4 Å². The molecular weight excluding hydrogens is 262 g/mol. The van der Waals surface area contributed by atoms with Gasteiger partial charge in [-0.15, -0.1) is 0 Å². The summed E-state index contributed by atoms with van der Waals surface area (Å²) >= 11 is 0. The standard InChI is InChI=1S/C13H17N3O4/c1-8(2)20-12-5-9(3-4-11(12)16(18)19)15-10-6-13(17)14-7-10/h3-5,8,10,15H,6-7H2,1-2H3,(H,14,17). The van der Waals surface area contributed by atoms with Gasteiger partial charge in [0.1, 0.15) is 0 Å². The molecule has 0 bridgehead atoms. The molecule has 0 aliphatic carbocycles. The molecule has 1 amide bonds. The van der Waals surface area contributed by atoms with E-state index in [1.54, 1.807) is 12.1 Å². The van der Waals surface area contributed by atoms with Crippen LogP contribution in [0.25, 0.3) is 0 Å². The fourth-order valence-electron chi connectivity index (χ4n) is 2.05. The van der Waals surface area contributed by atoms with Crippen molar-refractivity contribution in [1.82, 2.24) is 5.32 Å². The van der Waals surface area contributed by atoms with Crippen LogP contribution in [0.2, 0.25) is 0 Å². The number of rotatable bonds is 5. The first-order chi connectivity index (χ1) is 9.45. The highest BCUT2D eigenvalue weighted by molar-refractivity contribution is 5.79. The molecular formula is C13H17N3O4. The van der Waals surface area contributed by atoms with Crippen LogP contribution in [0.1, 0.15) is 20.3 Å². The van der Waals surface area contributed by atoms with Crippen LogP contribution in [0.5, 0.6) is 5.75 Å². The number of nitrogens with zero attached hydrogens (tertiary/aromatic N) is 1. The predicted molar refractivity (Wildman–Crippen MR) is 73.9 cm³/mol. The van der Waals surface area contributed by atoms with Crippen molar-refractivity contribution in [3.8, 4) is 5.75 Å². The van der Waals surface area contributed by atoms with Crippen LogP contribution in [0.15, 0.2) is 18.2 Å². The van der Waals surface area contributed by atoms with E-state index in [9.17, 15) is 14.9 Å². The SMILES string of the molecule is CC(C)Oc1cc(NC2CNC(=O)C2)ccc1[N+](=O)[O-]. The summed E-state index contributed by atoms with van der Waals surface area (Å²) in [6, 6.07) is 4.62. The topological polar surface area (TPSA) is 93.5 Å². The molecule has 1 fully saturated rings. The Morgan fingerprint density at radius 2 is 2.25 bits per heavy atom. The van der Waals surface area contributed by atoms with Gasteiger partial charge >= 0.3 is 5.69 Å². The van der Waals surface area contributed by atoms with Crippen molar-refractivity contribution in [2.45, 2.75) is 32.4 Å². The van der Waals surface area contributed by atoms with E-state index in [1.165, 1.54) is 6.07 Å². The number of nitro benzene ring substituents is 1. The summed E-state index contributed by atoms with van der Waals surface area (Å²) in [6.45, 7) is 4.17. The number of carbonyl (C=O) groups excluding carboxylic acids is 1. The summed E-state index contributed by atoms with van der Waals surface area (Å²) in [5.74, 6) is 0.232. The Morgan fingerprint density at radius 1 is 1.50 bits per heavy atom. The van der Waals surface area contributed by atoms with Crippen LogP contribution in [-0.2, 0) is 4.79 Å². The molecule has 1 aliphatic heterocycles. The highest BCUT2D eigenvalue weighted by Crippen LogP contribution is 2.31. The summed E-state index contributed by atoms with van der Waals surface area (Å²) < 4.78 is 5.47. The number of amides is 1. The monoisotopic (exact) mass is 279 g/mol. The maximum Gasteiger partial charge on any atom is 0.311 e. The van der Waals surface area contributed by atoms with Crippen LogP contribution in [0.3, 0.4) is 0 Å². The van der Waals surface area contributed by atoms with Crippen molar-refractivity contribution >= 4 is 17.3 Å². The van der Waals surface area contributed by atoms with E-state index in [0.717, 1.165) is 0 Å². The molecule has 0 radical (unpaired) electrons. The fourth-order valence-corrected chi connectivity index (χ4v) is 2.05. The van der Waals surface area contributed by atoms with Crippen molar-refractivity contribution in [2.75, 3.05) is 11.9 Å². The van der Waals surface area contributed by atoms with Gasteiger partial charge in [-0.2, -0.15) is 0 Å². The van der Waals surface area contributed by atoms with Gasteiger partial charge in [-0.3, -0.25) is 14.9 Å². The van der Waals surface area contributed by atoms with Crippen LogP contribution in [-0.4, -0.2) is 29.5 Å². The van der Waals surface area contributed by atoms with E-state index in [1.807, 2.05) is 13.8 Å². The Kier molecular flexibility index (Phi) is 4.07. The lowest BCUT2D eigenvalue weighted by atomic mass is 10.2. The van der Waals surface area contributed by atoms with Gasteiger partial charge in [0.25, 0.3) is 0 Å². The van der Waals surface area contributed by atoms with Gasteiger partial charge in [-0.05, 0) is 19.9 Å². The Bertz CT molecular complexity index is 530. The first-order valence-corrected chi connectivity index (χ1v) is 6.44. The van der Waals surface area contributed by atoms with E-state index in [-0.39, 0.29) is 29.5 Å². The Balaban J connectivity index is 2.18. The third kappa shape index (κ3) is 3.37. The lowest BCUT2D eigenvalue weighted by Gasteiger charge is -2.15. The third-order valence-corrected chi connectivity index (χ3v) is 2.87. The minimum Gasteiger partial charge on any atom is -0.484 e. The van der Waals surface area contributed by atoms with E-state index in [2.05, 4.69) is 10.6 Å². The molecule has 7 nitrogen and oxygen atoms in total. The largest absolute Gasteiger partial charge is 0.484 e. The number of benzene rings is 1. The van der Waals surface area contributed by atoms with Gasteiger partial charge < -0.3 is 15.4 Å². The minimum absolute atomic E-state index is 0.00284. The molecule has 1 atom stereocenters. The van der Waals surface area contributed by atoms with Crippen molar-refractivity contribution in [2.24, 2.45) is 0 Å². The zero-order valence-electron chi connectivity index (χ0n) is 11.4. The van der Waals surface area contributed by atoms with Crippen LogP contribution in [0, 0.1) is 10.1 Å². The summed E-state index contributed by atoms with van der Waals surface area (Å²) in [5, 5.41) is 16.8. The first-order valence-electron chi connectivity index (χ1n) is 6.44. The second kappa shape index (κ2) is 5.77. The summed E-state index contributed by atoms with van der Waals surface area (Å²) in [6.07, 6.45) is 0.246. The Labute approximate surface area is 116 Å². The predicted octanol–water partition coefficient (Wildman–Crippen LogP) is 1.68. The molecule has 0 saturated carbocycles. The molecule has 20 heavy (non-hydrogen) atoms. The number of anilines is 1. The van der Waals surface area contributed by atoms with Crippen molar-refractivity contribution in [1.29, 1.82) is 0 Å². The second-order valence-corrected chi connectivity index (χ2v) is 4.96. The second-order valence-electron chi connectivity index (χ2n) is 4.96. The van der Waals surface area contributed by atoms with Gasteiger partial charge in [0.15, 0.2) is 5.75 Å². The molecule has 1 saturated heterocycles. The smallest absolute Gasteiger partial charge is 0.311 e. The van der Waals surface area contributed by atoms with Gasteiger partial charge in [-0.25, -0.2) is 0 Å². The Morgan fingerprint density at radius 3 is 2.80 bits per heavy atom. The molecule has 1 unspecified atom stereocenters. The summed E-state index contributed by atoms with van der Waals surface area (Å²) in [4.78, 5) is 21.6. The van der Waals surface area contributed by atoms with Crippen molar-refractivity contribution in [3.05, 3.63) is 28.3 Å². The highest BCUT2D eigenvalue weighted by atomic mass is 16.6. The van der Waals surface area contributed by atoms with E-state index in [4.69, 9.17) is 4.74 Å². The zero-order valence-corrected chi connectivity index (χ0v) is 11.4. The van der Waals surface area contributed by atoms with E-state index in [0.29, 0.717) is 18.7 Å². The highest BCUT2D eigenvalue weighted by Gasteiger charge is 2.22. The molecule has 1 aromatic rings. The number of hydrogen-bond donors (Lipinski definition) is 2. The average Bonchev–Trinajstić information content (AvgIpc) is 2.73. The maximum atomic E-state index is 11.1. The molecule has 108 valence electrons. The average molecular weight is 279 g/mol. The first kappa shape index (κ1) is 14.1. The molecule has 0 aromatic heterocycles. The quantitative estimate of drug-likeness (QED) is 0.632. The van der Waals surface area contributed by atoms with Gasteiger partial charge in [0.05, 0.1) is 17.1 Å². The Hall–Kier alpha value is -2.31. The normalized spacial score (nSPS) is 17.9. The number of nitro groups is 1. The molecule has 2 N–H and O–H groups in total. The molecule has 1 heterocycles. The van der Waals surface area contributed by atoms with Gasteiger partial charge in [0, 0.05) is 30.8 Å². The molecule has 0 spiro atoms. The van der Waals surface area contributed by atoms with E-state index < -0.39 is 4.92 Å². The maximum absolute atomic E-state index is 11.1. The molecule has 7 heteroatoms. The number of carbonyl (C=O) groups is 1. The van der Waals surface area contributed by atoms with Crippen molar-refractivity contribution < 1.29 is 14.5 Å². The zero-order chi connectivity index (χ0) is 14.7. The lowest BCUT2D eigenvalue weighted by molar-refractivity contribution is -0.386. The number of hydrogen-bond acceptors (Lipinski definition) is 5. The number of nitrogens with one attached hydrogen (secondary N) is 2. The molecule has 2 rings (SSSR count). The van der Waals surface area contributed by atoms with Gasteiger partial charge in [0.2, 0.25) is 5.91 Å². The van der Waals surface area contributed by atoms with E-state index >= 15 is 0 Å². The number of ether oxygens (including phenoxy) is 1. The van der Waals surface area contributed by atoms with Crippen LogP contribution >= 0.6 is 0 Å². The van der Waals surface area contributed by atoms with Crippen molar-refractivity contribution in [3.63, 3.8) is 0 Å².